The number of hydrazine groups is 1. The number of nitrogen functional groups attached to an aromatic ring is 1. The van der Waals surface area contributed by atoms with Crippen LogP contribution >= 0.6 is 15.9 Å². The number of ether oxygens (including phenoxy) is 1. The SMILES string of the molecule is CS(=O)(=O)c1ccc(Oc2nc(NN)ncc2Br)cc1. The highest BCUT2D eigenvalue weighted by Gasteiger charge is 2.09. The minimum absolute atomic E-state index is 0.205. The maximum Gasteiger partial charge on any atom is 0.240 e. The van der Waals surface area contributed by atoms with E-state index in [1.54, 1.807) is 12.1 Å². The molecular weight excluding hydrogens is 348 g/mol. The van der Waals surface area contributed by atoms with Gasteiger partial charge in [-0.25, -0.2) is 19.2 Å². The van der Waals surface area contributed by atoms with Crippen LogP contribution < -0.4 is 16.0 Å². The average Bonchev–Trinajstić information content (AvgIpc) is 2.41. The lowest BCUT2D eigenvalue weighted by Crippen LogP contribution is -2.10. The lowest BCUT2D eigenvalue weighted by molar-refractivity contribution is 0.458. The summed E-state index contributed by atoms with van der Waals surface area (Å²) >= 11 is 3.25. The Hall–Kier alpha value is -1.71. The Kier molecular flexibility index (Phi) is 4.21. The van der Waals surface area contributed by atoms with E-state index in [9.17, 15) is 8.42 Å². The van der Waals surface area contributed by atoms with Gasteiger partial charge in [0, 0.05) is 6.26 Å². The Bertz CT molecular complexity index is 719. The van der Waals surface area contributed by atoms with Crippen molar-refractivity contribution in [2.75, 3.05) is 11.7 Å². The molecule has 7 nitrogen and oxygen atoms in total. The van der Waals surface area contributed by atoms with Crippen molar-refractivity contribution in [3.63, 3.8) is 0 Å². The van der Waals surface area contributed by atoms with E-state index >= 15 is 0 Å². The molecule has 0 radical (unpaired) electrons. The summed E-state index contributed by atoms with van der Waals surface area (Å²) in [4.78, 5) is 8.13. The zero-order valence-electron chi connectivity index (χ0n) is 10.4. The summed E-state index contributed by atoms with van der Waals surface area (Å²) in [6.45, 7) is 0. The van der Waals surface area contributed by atoms with Crippen LogP contribution in [-0.2, 0) is 9.84 Å². The number of halogens is 1. The second-order valence-electron chi connectivity index (χ2n) is 3.84. The molecule has 9 heteroatoms. The molecule has 2 aromatic rings. The summed E-state index contributed by atoms with van der Waals surface area (Å²) < 4.78 is 28.8. The van der Waals surface area contributed by atoms with Gasteiger partial charge in [-0.3, -0.25) is 5.43 Å². The van der Waals surface area contributed by atoms with E-state index in [1.807, 2.05) is 0 Å². The van der Waals surface area contributed by atoms with Crippen LogP contribution in [0.5, 0.6) is 11.6 Å². The molecule has 0 fully saturated rings. The topological polar surface area (TPSA) is 107 Å². The van der Waals surface area contributed by atoms with Crippen molar-refractivity contribution in [1.82, 2.24) is 9.97 Å². The first-order valence-corrected chi connectivity index (χ1v) is 8.06. The number of hydrogen-bond acceptors (Lipinski definition) is 7. The molecule has 0 unspecified atom stereocenters. The molecule has 3 N–H and O–H groups in total. The Labute approximate surface area is 124 Å². The molecule has 1 aromatic carbocycles. The Morgan fingerprint density at radius 3 is 2.50 bits per heavy atom. The predicted molar refractivity (Wildman–Crippen MR) is 77.2 cm³/mol. The second kappa shape index (κ2) is 5.73. The van der Waals surface area contributed by atoms with Gasteiger partial charge in [0.1, 0.15) is 5.75 Å². The first-order chi connectivity index (χ1) is 9.40. The van der Waals surface area contributed by atoms with Crippen LogP contribution in [0.15, 0.2) is 39.8 Å². The van der Waals surface area contributed by atoms with Crippen molar-refractivity contribution in [2.24, 2.45) is 5.84 Å². The normalized spacial score (nSPS) is 11.2. The largest absolute Gasteiger partial charge is 0.438 e. The lowest BCUT2D eigenvalue weighted by atomic mass is 10.3. The van der Waals surface area contributed by atoms with E-state index in [2.05, 4.69) is 31.3 Å². The number of benzene rings is 1. The molecule has 20 heavy (non-hydrogen) atoms. The number of nitrogens with one attached hydrogen (secondary N) is 1. The van der Waals surface area contributed by atoms with E-state index < -0.39 is 9.84 Å². The van der Waals surface area contributed by atoms with Crippen LogP contribution in [0.2, 0.25) is 0 Å². The van der Waals surface area contributed by atoms with Crippen molar-refractivity contribution in [2.45, 2.75) is 4.90 Å². The zero-order valence-corrected chi connectivity index (χ0v) is 12.8. The van der Waals surface area contributed by atoms with E-state index in [1.165, 1.54) is 18.3 Å². The Morgan fingerprint density at radius 1 is 1.30 bits per heavy atom. The van der Waals surface area contributed by atoms with Gasteiger partial charge in [0.25, 0.3) is 0 Å². The van der Waals surface area contributed by atoms with Gasteiger partial charge in [-0.15, -0.1) is 0 Å². The highest BCUT2D eigenvalue weighted by atomic mass is 79.9. The van der Waals surface area contributed by atoms with E-state index in [0.29, 0.717) is 10.2 Å². The van der Waals surface area contributed by atoms with Gasteiger partial charge in [0.05, 0.1) is 15.6 Å². The highest BCUT2D eigenvalue weighted by Crippen LogP contribution is 2.28. The fourth-order valence-corrected chi connectivity index (χ4v) is 2.26. The van der Waals surface area contributed by atoms with Gasteiger partial charge in [-0.2, -0.15) is 4.98 Å². The van der Waals surface area contributed by atoms with Crippen LogP contribution in [0.4, 0.5) is 5.95 Å². The maximum absolute atomic E-state index is 11.3. The molecular formula is C11H11BrN4O3S. The van der Waals surface area contributed by atoms with Crippen LogP contribution in [0.25, 0.3) is 0 Å². The lowest BCUT2D eigenvalue weighted by Gasteiger charge is -2.08. The average molecular weight is 359 g/mol. The quantitative estimate of drug-likeness (QED) is 0.632. The summed E-state index contributed by atoms with van der Waals surface area (Å²) in [5, 5.41) is 0. The standard InChI is InChI=1S/C11H11BrN4O3S/c1-20(17,18)8-4-2-7(3-5-8)19-10-9(12)6-14-11(15-10)16-13/h2-6H,13H2,1H3,(H,14,15,16). The summed E-state index contributed by atoms with van der Waals surface area (Å²) in [6.07, 6.45) is 2.63. The van der Waals surface area contributed by atoms with Crippen molar-refractivity contribution >= 4 is 31.7 Å². The number of anilines is 1. The van der Waals surface area contributed by atoms with Crippen LogP contribution in [-0.4, -0.2) is 24.6 Å². The Balaban J connectivity index is 2.26. The monoisotopic (exact) mass is 358 g/mol. The summed E-state index contributed by atoms with van der Waals surface area (Å²) in [5.41, 5.74) is 2.31. The molecule has 0 saturated heterocycles. The second-order valence-corrected chi connectivity index (χ2v) is 6.71. The third kappa shape index (κ3) is 3.44. The first kappa shape index (κ1) is 14.7. The first-order valence-electron chi connectivity index (χ1n) is 5.37. The van der Waals surface area contributed by atoms with Crippen LogP contribution in [0.1, 0.15) is 0 Å². The number of aromatic nitrogens is 2. The fraction of sp³-hybridized carbons (Fsp3) is 0.0909. The molecule has 0 aliphatic heterocycles. The van der Waals surface area contributed by atoms with Gasteiger partial charge in [0.2, 0.25) is 11.8 Å². The highest BCUT2D eigenvalue weighted by molar-refractivity contribution is 9.10. The van der Waals surface area contributed by atoms with Crippen LogP contribution in [0, 0.1) is 0 Å². The Morgan fingerprint density at radius 2 is 1.95 bits per heavy atom. The fourth-order valence-electron chi connectivity index (χ4n) is 1.36. The molecule has 0 amide bonds. The van der Waals surface area contributed by atoms with Gasteiger partial charge >= 0.3 is 0 Å². The molecule has 0 aliphatic rings. The van der Waals surface area contributed by atoms with Gasteiger partial charge in [0.15, 0.2) is 9.84 Å². The molecule has 0 aliphatic carbocycles. The molecule has 0 atom stereocenters. The number of sulfone groups is 1. The van der Waals surface area contributed by atoms with Crippen LogP contribution in [0.3, 0.4) is 0 Å². The zero-order chi connectivity index (χ0) is 14.8. The van der Waals surface area contributed by atoms with Crippen molar-refractivity contribution in [3.8, 4) is 11.6 Å². The summed E-state index contributed by atoms with van der Waals surface area (Å²) in [7, 11) is -3.23. The minimum atomic E-state index is -3.23. The van der Waals surface area contributed by atoms with Gasteiger partial charge in [-0.1, -0.05) is 0 Å². The third-order valence-corrected chi connectivity index (χ3v) is 3.98. The maximum atomic E-state index is 11.3. The van der Waals surface area contributed by atoms with E-state index in [0.717, 1.165) is 6.26 Å². The predicted octanol–water partition coefficient (Wildman–Crippen LogP) is 1.72. The summed E-state index contributed by atoms with van der Waals surface area (Å²) in [5.74, 6) is 6.13. The summed E-state index contributed by atoms with van der Waals surface area (Å²) in [6, 6.07) is 6.00. The molecule has 1 aromatic heterocycles. The number of rotatable bonds is 4. The molecule has 0 saturated carbocycles. The van der Waals surface area contributed by atoms with Crippen molar-refractivity contribution < 1.29 is 13.2 Å². The van der Waals surface area contributed by atoms with Gasteiger partial charge in [-0.05, 0) is 40.2 Å². The molecule has 2 rings (SSSR count). The number of nitrogens with zero attached hydrogens (tertiary/aromatic N) is 2. The van der Waals surface area contributed by atoms with Crippen molar-refractivity contribution in [3.05, 3.63) is 34.9 Å². The molecule has 0 bridgehead atoms. The molecule has 1 heterocycles. The molecule has 106 valence electrons. The van der Waals surface area contributed by atoms with E-state index in [-0.39, 0.29) is 16.7 Å². The molecule has 0 spiro atoms. The smallest absolute Gasteiger partial charge is 0.240 e. The number of hydrogen-bond donors (Lipinski definition) is 2. The van der Waals surface area contributed by atoms with Crippen molar-refractivity contribution in [1.29, 1.82) is 0 Å². The van der Waals surface area contributed by atoms with Gasteiger partial charge < -0.3 is 4.74 Å². The number of nitrogens with two attached hydrogens (primary N) is 1. The minimum Gasteiger partial charge on any atom is -0.438 e. The van der Waals surface area contributed by atoms with E-state index in [4.69, 9.17) is 10.6 Å². The third-order valence-electron chi connectivity index (χ3n) is 2.31.